The minimum Gasteiger partial charge on any atom is -0.358 e. The molecule has 22 heavy (non-hydrogen) atoms. The van der Waals surface area contributed by atoms with Gasteiger partial charge in [0.05, 0.1) is 11.1 Å². The van der Waals surface area contributed by atoms with Gasteiger partial charge >= 0.3 is 0 Å². The van der Waals surface area contributed by atoms with Crippen LogP contribution in [0, 0.1) is 4.77 Å². The van der Waals surface area contributed by atoms with Crippen molar-refractivity contribution in [3.05, 3.63) is 51.0 Å². The number of nitrogens with zero attached hydrogens (tertiary/aromatic N) is 1. The Kier molecular flexibility index (Phi) is 5.99. The lowest BCUT2D eigenvalue weighted by molar-refractivity contribution is 0.0224. The number of hydrogen-bond donors (Lipinski definition) is 1. The quantitative estimate of drug-likeness (QED) is 0.640. The van der Waals surface area contributed by atoms with Crippen molar-refractivity contribution in [3.63, 3.8) is 0 Å². The molecule has 0 radical (unpaired) electrons. The molecule has 0 spiro atoms. The highest BCUT2D eigenvalue weighted by atomic mass is 32.2. The average molecular weight is 336 g/mol. The van der Waals surface area contributed by atoms with Gasteiger partial charge in [-0.1, -0.05) is 36.9 Å². The van der Waals surface area contributed by atoms with Crippen molar-refractivity contribution in [2.45, 2.75) is 49.9 Å². The van der Waals surface area contributed by atoms with Crippen LogP contribution in [-0.4, -0.2) is 15.7 Å². The highest BCUT2D eigenvalue weighted by molar-refractivity contribution is 7.99. The van der Waals surface area contributed by atoms with E-state index in [-0.39, 0.29) is 11.7 Å². The Morgan fingerprint density at radius 1 is 1.32 bits per heavy atom. The maximum Gasteiger partial charge on any atom is 0.255 e. The zero-order valence-corrected chi connectivity index (χ0v) is 14.6. The minimum absolute atomic E-state index is 0.0912. The minimum atomic E-state index is -0.119. The second-order valence-electron chi connectivity index (χ2n) is 5.08. The molecule has 118 valence electrons. The van der Waals surface area contributed by atoms with Gasteiger partial charge in [-0.3, -0.25) is 14.3 Å². The van der Waals surface area contributed by atoms with Crippen molar-refractivity contribution in [3.8, 4) is 0 Å². The van der Waals surface area contributed by atoms with Gasteiger partial charge in [-0.15, -0.1) is 0 Å². The van der Waals surface area contributed by atoms with Crippen LogP contribution >= 0.6 is 24.0 Å². The number of nitrogens with one attached hydrogen (secondary N) is 1. The van der Waals surface area contributed by atoms with E-state index in [0.717, 1.165) is 15.5 Å². The van der Waals surface area contributed by atoms with Crippen LogP contribution in [0.25, 0.3) is 0 Å². The summed E-state index contributed by atoms with van der Waals surface area (Å²) in [5, 5.41) is 0.850. The average Bonchev–Trinajstić information content (AvgIpc) is 2.47. The molecule has 1 N–H and O–H groups in total. The maximum atomic E-state index is 12.2. The highest BCUT2D eigenvalue weighted by Crippen LogP contribution is 2.29. The molecule has 0 atom stereocenters. The molecule has 1 aromatic heterocycles. The van der Waals surface area contributed by atoms with Crippen molar-refractivity contribution < 1.29 is 4.74 Å². The first kappa shape index (κ1) is 17.0. The molecule has 4 nitrogen and oxygen atoms in total. The number of H-pyrrole nitrogens is 1. The van der Waals surface area contributed by atoms with Crippen LogP contribution in [0.3, 0.4) is 0 Å². The number of hydrogen-bond acceptors (Lipinski definition) is 4. The van der Waals surface area contributed by atoms with Crippen LogP contribution in [0.5, 0.6) is 0 Å². The molecule has 0 amide bonds. The Morgan fingerprint density at radius 3 is 2.59 bits per heavy atom. The van der Waals surface area contributed by atoms with E-state index in [4.69, 9.17) is 17.0 Å². The second-order valence-corrected chi connectivity index (χ2v) is 6.53. The van der Waals surface area contributed by atoms with E-state index in [1.807, 2.05) is 55.7 Å². The summed E-state index contributed by atoms with van der Waals surface area (Å²) in [5.74, 6) is 0. The smallest absolute Gasteiger partial charge is 0.255 e. The van der Waals surface area contributed by atoms with Crippen LogP contribution < -0.4 is 5.56 Å². The van der Waals surface area contributed by atoms with E-state index < -0.39 is 0 Å². The van der Waals surface area contributed by atoms with Gasteiger partial charge in [0.15, 0.2) is 4.77 Å². The van der Waals surface area contributed by atoms with Gasteiger partial charge in [-0.25, -0.2) is 0 Å². The first-order chi connectivity index (χ1) is 10.5. The molecule has 0 saturated carbocycles. The predicted molar refractivity (Wildman–Crippen MR) is 92.1 cm³/mol. The van der Waals surface area contributed by atoms with E-state index >= 15 is 0 Å². The maximum absolute atomic E-state index is 12.2. The summed E-state index contributed by atoms with van der Waals surface area (Å²) in [6, 6.07) is 9.95. The van der Waals surface area contributed by atoms with E-state index in [9.17, 15) is 4.79 Å². The third-order valence-corrected chi connectivity index (χ3v) is 4.58. The highest BCUT2D eigenvalue weighted by Gasteiger charge is 2.14. The standard InChI is InChI=1S/C16H20N2O2S2/c1-4-13-14(19)17-16(21)18(10-20-11(2)3)15(13)22-12-8-6-5-7-9-12/h5-9,11H,4,10H2,1-3H3,(H,17,19,21). The van der Waals surface area contributed by atoms with Crippen molar-refractivity contribution in [2.75, 3.05) is 0 Å². The molecule has 2 aromatic rings. The molecule has 0 aliphatic heterocycles. The zero-order valence-electron chi connectivity index (χ0n) is 13.0. The summed E-state index contributed by atoms with van der Waals surface area (Å²) < 4.78 is 7.93. The molecule has 0 bridgehead atoms. The summed E-state index contributed by atoms with van der Waals surface area (Å²) >= 11 is 6.86. The van der Waals surface area contributed by atoms with Crippen LogP contribution in [0.2, 0.25) is 0 Å². The molecule has 2 rings (SSSR count). The fourth-order valence-electron chi connectivity index (χ4n) is 1.96. The van der Waals surface area contributed by atoms with Gasteiger partial charge in [-0.2, -0.15) is 0 Å². The van der Waals surface area contributed by atoms with Gasteiger partial charge in [0.25, 0.3) is 5.56 Å². The van der Waals surface area contributed by atoms with Crippen LogP contribution in [0.4, 0.5) is 0 Å². The van der Waals surface area contributed by atoms with Crippen molar-refractivity contribution in [2.24, 2.45) is 0 Å². The summed E-state index contributed by atoms with van der Waals surface area (Å²) in [6.45, 7) is 6.24. The third kappa shape index (κ3) is 4.09. The van der Waals surface area contributed by atoms with Gasteiger partial charge in [0.1, 0.15) is 6.73 Å². The van der Waals surface area contributed by atoms with Crippen molar-refractivity contribution in [1.29, 1.82) is 0 Å². The largest absolute Gasteiger partial charge is 0.358 e. The Bertz CT molecular complexity index is 736. The lowest BCUT2D eigenvalue weighted by Crippen LogP contribution is -2.22. The van der Waals surface area contributed by atoms with Gasteiger partial charge in [0, 0.05) is 10.5 Å². The number of benzene rings is 1. The molecule has 6 heteroatoms. The second kappa shape index (κ2) is 7.76. The number of aromatic amines is 1. The zero-order chi connectivity index (χ0) is 16.1. The summed E-state index contributed by atoms with van der Waals surface area (Å²) in [6.07, 6.45) is 0.732. The fourth-order valence-corrected chi connectivity index (χ4v) is 3.39. The molecular weight excluding hydrogens is 316 g/mol. The third-order valence-electron chi connectivity index (χ3n) is 3.09. The van der Waals surface area contributed by atoms with E-state index in [0.29, 0.717) is 17.9 Å². The Balaban J connectivity index is 2.51. The van der Waals surface area contributed by atoms with Crippen LogP contribution in [0.1, 0.15) is 26.3 Å². The fraction of sp³-hybridized carbons (Fsp3) is 0.375. The predicted octanol–water partition coefficient (Wildman–Crippen LogP) is 4.00. The normalized spacial score (nSPS) is 11.1. The van der Waals surface area contributed by atoms with Crippen LogP contribution in [0.15, 0.2) is 45.0 Å². The lowest BCUT2D eigenvalue weighted by Gasteiger charge is -2.17. The molecule has 0 saturated heterocycles. The molecule has 1 aromatic carbocycles. The molecule has 1 heterocycles. The summed E-state index contributed by atoms with van der Waals surface area (Å²) in [7, 11) is 0. The Hall–Kier alpha value is -1.37. The molecule has 0 fully saturated rings. The monoisotopic (exact) mass is 336 g/mol. The molecular formula is C16H20N2O2S2. The SMILES string of the molecule is CCc1c(Sc2ccccc2)n(COC(C)C)c(=S)[nH]c1=O. The van der Waals surface area contributed by atoms with Crippen molar-refractivity contribution in [1.82, 2.24) is 9.55 Å². The van der Waals surface area contributed by atoms with Crippen LogP contribution in [-0.2, 0) is 17.9 Å². The van der Waals surface area contributed by atoms with E-state index in [1.54, 1.807) is 11.8 Å². The van der Waals surface area contributed by atoms with Crippen molar-refractivity contribution >= 4 is 24.0 Å². The number of ether oxygens (including phenoxy) is 1. The Labute approximate surface area is 139 Å². The number of rotatable bonds is 6. The topological polar surface area (TPSA) is 47.0 Å². The van der Waals surface area contributed by atoms with Gasteiger partial charge in [0.2, 0.25) is 0 Å². The first-order valence-electron chi connectivity index (χ1n) is 7.23. The summed E-state index contributed by atoms with van der Waals surface area (Å²) in [5.41, 5.74) is 0.613. The molecule has 0 aliphatic rings. The van der Waals surface area contributed by atoms with Gasteiger partial charge < -0.3 is 4.74 Å². The van der Waals surface area contributed by atoms with Gasteiger partial charge in [-0.05, 0) is 44.6 Å². The lowest BCUT2D eigenvalue weighted by atomic mass is 10.2. The first-order valence-corrected chi connectivity index (χ1v) is 8.46. The summed E-state index contributed by atoms with van der Waals surface area (Å²) in [4.78, 5) is 16.0. The number of aromatic nitrogens is 2. The van der Waals surface area contributed by atoms with E-state index in [2.05, 4.69) is 4.98 Å². The van der Waals surface area contributed by atoms with E-state index in [1.165, 1.54) is 0 Å². The Morgan fingerprint density at radius 2 is 2.00 bits per heavy atom. The molecule has 0 unspecified atom stereocenters. The molecule has 0 aliphatic carbocycles.